The first kappa shape index (κ1) is 12.8. The Bertz CT molecular complexity index is 403. The minimum absolute atomic E-state index is 0.404. The lowest BCUT2D eigenvalue weighted by Gasteiger charge is -2.12. The van der Waals surface area contributed by atoms with Crippen LogP contribution < -0.4 is 0 Å². The number of carbonyl (C=O) groups excluding carboxylic acids is 1. The molecule has 94 valence electrons. The van der Waals surface area contributed by atoms with Crippen LogP contribution in [-0.2, 0) is 12.8 Å². The zero-order valence-corrected chi connectivity index (χ0v) is 11.8. The van der Waals surface area contributed by atoms with Crippen LogP contribution in [0, 0.1) is 6.92 Å². The standard InChI is InChI=1S/C15H22OS/c1-3-4-5-6-10-14-15-12(11(2)17-14)8-7-9-13(15)16/h3-10H2,1-2H3. The lowest BCUT2D eigenvalue weighted by Crippen LogP contribution is -2.11. The number of Topliss-reactive ketones (excluding diaryl/α,β-unsaturated/α-hetero) is 1. The van der Waals surface area contributed by atoms with Gasteiger partial charge in [0.1, 0.15) is 0 Å². The molecule has 17 heavy (non-hydrogen) atoms. The Morgan fingerprint density at radius 1 is 1.18 bits per heavy atom. The van der Waals surface area contributed by atoms with E-state index >= 15 is 0 Å². The summed E-state index contributed by atoms with van der Waals surface area (Å²) in [6, 6.07) is 0. The molecule has 0 saturated carbocycles. The van der Waals surface area contributed by atoms with Crippen LogP contribution in [0.15, 0.2) is 0 Å². The molecular formula is C15H22OS. The Morgan fingerprint density at radius 3 is 2.76 bits per heavy atom. The van der Waals surface area contributed by atoms with Crippen molar-refractivity contribution in [3.05, 3.63) is 20.9 Å². The largest absolute Gasteiger partial charge is 0.294 e. The third-order valence-corrected chi connectivity index (χ3v) is 4.86. The van der Waals surface area contributed by atoms with Crippen molar-refractivity contribution in [2.45, 2.75) is 65.2 Å². The highest BCUT2D eigenvalue weighted by Gasteiger charge is 2.24. The van der Waals surface area contributed by atoms with Gasteiger partial charge in [0, 0.05) is 21.7 Å². The number of hydrogen-bond acceptors (Lipinski definition) is 2. The van der Waals surface area contributed by atoms with E-state index in [0.29, 0.717) is 5.78 Å². The fourth-order valence-electron chi connectivity index (χ4n) is 2.71. The summed E-state index contributed by atoms with van der Waals surface area (Å²) in [7, 11) is 0. The van der Waals surface area contributed by atoms with Gasteiger partial charge in [0.05, 0.1) is 0 Å². The van der Waals surface area contributed by atoms with Gasteiger partial charge in [-0.3, -0.25) is 4.79 Å². The summed E-state index contributed by atoms with van der Waals surface area (Å²) in [5, 5.41) is 0. The first-order valence-corrected chi connectivity index (χ1v) is 7.70. The lowest BCUT2D eigenvalue weighted by molar-refractivity contribution is 0.0972. The summed E-state index contributed by atoms with van der Waals surface area (Å²) < 4.78 is 0. The first-order valence-electron chi connectivity index (χ1n) is 6.88. The maximum absolute atomic E-state index is 12.0. The molecule has 1 aliphatic rings. The van der Waals surface area contributed by atoms with Gasteiger partial charge in [0.2, 0.25) is 0 Å². The molecule has 2 rings (SSSR count). The van der Waals surface area contributed by atoms with Crippen molar-refractivity contribution in [2.75, 3.05) is 0 Å². The second kappa shape index (κ2) is 5.81. The van der Waals surface area contributed by atoms with E-state index in [1.807, 2.05) is 11.3 Å². The minimum atomic E-state index is 0.404. The van der Waals surface area contributed by atoms with Gasteiger partial charge in [-0.25, -0.2) is 0 Å². The van der Waals surface area contributed by atoms with Crippen molar-refractivity contribution in [2.24, 2.45) is 0 Å². The van der Waals surface area contributed by atoms with Crippen LogP contribution in [0.5, 0.6) is 0 Å². The fraction of sp³-hybridized carbons (Fsp3) is 0.667. The summed E-state index contributed by atoms with van der Waals surface area (Å²) >= 11 is 1.87. The lowest BCUT2D eigenvalue weighted by atomic mass is 9.90. The fourth-order valence-corrected chi connectivity index (χ4v) is 3.99. The zero-order chi connectivity index (χ0) is 12.3. The highest BCUT2D eigenvalue weighted by molar-refractivity contribution is 7.12. The molecule has 0 amide bonds. The van der Waals surface area contributed by atoms with Crippen LogP contribution in [0.25, 0.3) is 0 Å². The first-order chi connectivity index (χ1) is 8.24. The molecule has 0 fully saturated rings. The third kappa shape index (κ3) is 2.79. The smallest absolute Gasteiger partial charge is 0.164 e. The Morgan fingerprint density at radius 2 is 2.00 bits per heavy atom. The van der Waals surface area contributed by atoms with Crippen LogP contribution in [0.1, 0.15) is 71.1 Å². The summed E-state index contributed by atoms with van der Waals surface area (Å²) in [6.07, 6.45) is 9.21. The monoisotopic (exact) mass is 250 g/mol. The maximum atomic E-state index is 12.0. The predicted molar refractivity (Wildman–Crippen MR) is 74.2 cm³/mol. The summed E-state index contributed by atoms with van der Waals surface area (Å²) in [4.78, 5) is 14.8. The molecule has 0 bridgehead atoms. The molecule has 2 heteroatoms. The van der Waals surface area contributed by atoms with Crippen molar-refractivity contribution in [1.29, 1.82) is 0 Å². The van der Waals surface area contributed by atoms with Gasteiger partial charge in [-0.15, -0.1) is 11.3 Å². The average Bonchev–Trinajstić information content (AvgIpc) is 2.64. The van der Waals surface area contributed by atoms with Crippen LogP contribution in [0.4, 0.5) is 0 Å². The third-order valence-electron chi connectivity index (χ3n) is 3.65. The second-order valence-corrected chi connectivity index (χ2v) is 6.33. The number of aryl methyl sites for hydroxylation is 2. The van der Waals surface area contributed by atoms with Crippen molar-refractivity contribution >= 4 is 17.1 Å². The molecule has 0 aromatic carbocycles. The van der Waals surface area contributed by atoms with Gasteiger partial charge in [-0.1, -0.05) is 26.2 Å². The van der Waals surface area contributed by atoms with Gasteiger partial charge in [-0.05, 0) is 38.2 Å². The average molecular weight is 250 g/mol. The number of carbonyl (C=O) groups is 1. The van der Waals surface area contributed by atoms with Crippen LogP contribution >= 0.6 is 11.3 Å². The summed E-state index contributed by atoms with van der Waals surface area (Å²) in [5.41, 5.74) is 2.49. The van der Waals surface area contributed by atoms with Crippen molar-refractivity contribution in [3.8, 4) is 0 Å². The van der Waals surface area contributed by atoms with Crippen LogP contribution in [0.3, 0.4) is 0 Å². The molecule has 0 unspecified atom stereocenters. The van der Waals surface area contributed by atoms with E-state index in [-0.39, 0.29) is 0 Å². The number of fused-ring (bicyclic) bond motifs is 1. The molecular weight excluding hydrogens is 228 g/mol. The highest BCUT2D eigenvalue weighted by Crippen LogP contribution is 2.34. The van der Waals surface area contributed by atoms with Crippen LogP contribution in [-0.4, -0.2) is 5.78 Å². The molecule has 0 N–H and O–H groups in total. The summed E-state index contributed by atoms with van der Waals surface area (Å²) in [5.74, 6) is 0.404. The topological polar surface area (TPSA) is 17.1 Å². The Hall–Kier alpha value is -0.630. The van der Waals surface area contributed by atoms with E-state index < -0.39 is 0 Å². The Balaban J connectivity index is 2.09. The molecule has 0 aliphatic heterocycles. The molecule has 1 aromatic heterocycles. The van der Waals surface area contributed by atoms with Crippen LogP contribution in [0.2, 0.25) is 0 Å². The highest BCUT2D eigenvalue weighted by atomic mass is 32.1. The molecule has 0 atom stereocenters. The van der Waals surface area contributed by atoms with E-state index in [1.54, 1.807) is 0 Å². The number of ketones is 1. The normalized spacial score (nSPS) is 15.1. The van der Waals surface area contributed by atoms with Crippen molar-refractivity contribution < 1.29 is 4.79 Å². The van der Waals surface area contributed by atoms with Gasteiger partial charge in [-0.2, -0.15) is 0 Å². The molecule has 0 spiro atoms. The molecule has 0 radical (unpaired) electrons. The SMILES string of the molecule is CCCCCCc1sc(C)c2c1C(=O)CCC2. The van der Waals surface area contributed by atoms with Gasteiger partial charge in [0.25, 0.3) is 0 Å². The molecule has 1 nitrogen and oxygen atoms in total. The van der Waals surface area contributed by atoms with Crippen molar-refractivity contribution in [3.63, 3.8) is 0 Å². The quantitative estimate of drug-likeness (QED) is 0.692. The molecule has 1 aromatic rings. The van der Waals surface area contributed by atoms with Gasteiger partial charge in [0.15, 0.2) is 5.78 Å². The molecule has 1 aliphatic carbocycles. The number of thiophene rings is 1. The number of rotatable bonds is 5. The molecule has 1 heterocycles. The number of unbranched alkanes of at least 4 members (excludes halogenated alkanes) is 3. The predicted octanol–water partition coefficient (Wildman–Crippen LogP) is 4.70. The zero-order valence-electron chi connectivity index (χ0n) is 11.0. The van der Waals surface area contributed by atoms with Crippen molar-refractivity contribution in [1.82, 2.24) is 0 Å². The maximum Gasteiger partial charge on any atom is 0.164 e. The van der Waals surface area contributed by atoms with E-state index in [2.05, 4.69) is 13.8 Å². The summed E-state index contributed by atoms with van der Waals surface area (Å²) in [6.45, 7) is 4.42. The Labute approximate surface area is 108 Å². The second-order valence-electron chi connectivity index (χ2n) is 5.02. The van der Waals surface area contributed by atoms with E-state index in [4.69, 9.17) is 0 Å². The number of hydrogen-bond donors (Lipinski definition) is 0. The van der Waals surface area contributed by atoms with E-state index in [0.717, 1.165) is 31.2 Å². The Kier molecular flexibility index (Phi) is 4.38. The minimum Gasteiger partial charge on any atom is -0.294 e. The molecule has 0 saturated heterocycles. The van der Waals surface area contributed by atoms with E-state index in [1.165, 1.54) is 41.0 Å². The van der Waals surface area contributed by atoms with E-state index in [9.17, 15) is 4.79 Å². The van der Waals surface area contributed by atoms with Gasteiger partial charge >= 0.3 is 0 Å². The van der Waals surface area contributed by atoms with Gasteiger partial charge < -0.3 is 0 Å².